The molecule has 0 saturated heterocycles. The number of nitrogens with zero attached hydrogens (tertiary/aromatic N) is 2. The number of amides is 1. The summed E-state index contributed by atoms with van der Waals surface area (Å²) < 4.78 is 0. The van der Waals surface area contributed by atoms with Gasteiger partial charge in [-0.15, -0.1) is 0 Å². The number of anilines is 1. The Morgan fingerprint density at radius 2 is 1.80 bits per heavy atom. The molecule has 0 bridgehead atoms. The first-order chi connectivity index (χ1) is 9.38. The highest BCUT2D eigenvalue weighted by Crippen LogP contribution is 2.13. The summed E-state index contributed by atoms with van der Waals surface area (Å²) in [4.78, 5) is 16.2. The van der Waals surface area contributed by atoms with Gasteiger partial charge in [-0.25, -0.2) is 0 Å². The minimum atomic E-state index is -0.755. The molecule has 0 aliphatic carbocycles. The zero-order valence-corrected chi connectivity index (χ0v) is 13.1. The topological polar surface area (TPSA) is 49.6 Å². The van der Waals surface area contributed by atoms with E-state index in [2.05, 4.69) is 17.0 Å². The van der Waals surface area contributed by atoms with Crippen molar-refractivity contribution in [1.29, 1.82) is 0 Å². The quantitative estimate of drug-likeness (QED) is 0.830. The summed E-state index contributed by atoms with van der Waals surface area (Å²) in [5.41, 5.74) is 6.48. The lowest BCUT2D eigenvalue weighted by Gasteiger charge is -2.30. The van der Waals surface area contributed by atoms with Crippen molar-refractivity contribution >= 4 is 11.6 Å². The fourth-order valence-corrected chi connectivity index (χ4v) is 2.28. The van der Waals surface area contributed by atoms with Crippen LogP contribution in [-0.2, 0) is 4.79 Å². The molecule has 1 atom stereocenters. The second-order valence-electron chi connectivity index (χ2n) is 5.65. The highest BCUT2D eigenvalue weighted by atomic mass is 16.2. The van der Waals surface area contributed by atoms with Gasteiger partial charge >= 0.3 is 0 Å². The van der Waals surface area contributed by atoms with Crippen molar-refractivity contribution in [2.75, 3.05) is 32.1 Å². The number of rotatable bonds is 7. The van der Waals surface area contributed by atoms with Crippen LogP contribution in [0, 0.1) is 0 Å². The average molecular weight is 277 g/mol. The molecule has 0 radical (unpaired) electrons. The predicted octanol–water partition coefficient (Wildman–Crippen LogP) is 2.10. The first-order valence-corrected chi connectivity index (χ1v) is 7.19. The minimum Gasteiger partial charge on any atom is -0.373 e. The van der Waals surface area contributed by atoms with Crippen LogP contribution in [0.1, 0.15) is 26.7 Å². The van der Waals surface area contributed by atoms with Crippen molar-refractivity contribution in [3.8, 4) is 0 Å². The number of para-hydroxylation sites is 1. The van der Waals surface area contributed by atoms with Gasteiger partial charge in [0.05, 0.1) is 5.54 Å². The van der Waals surface area contributed by atoms with Crippen molar-refractivity contribution in [2.45, 2.75) is 32.2 Å². The molecule has 1 amide bonds. The van der Waals surface area contributed by atoms with Gasteiger partial charge in [-0.1, -0.05) is 31.5 Å². The normalized spacial score (nSPS) is 13.7. The molecule has 0 fully saturated rings. The van der Waals surface area contributed by atoms with Crippen LogP contribution in [0.3, 0.4) is 0 Å². The minimum absolute atomic E-state index is 0.0146. The molecule has 112 valence electrons. The van der Waals surface area contributed by atoms with Crippen LogP contribution in [-0.4, -0.2) is 43.5 Å². The zero-order chi connectivity index (χ0) is 15.2. The summed E-state index contributed by atoms with van der Waals surface area (Å²) in [6, 6.07) is 10.1. The van der Waals surface area contributed by atoms with Crippen LogP contribution >= 0.6 is 0 Å². The molecular formula is C16H27N3O. The molecule has 0 heterocycles. The lowest BCUT2D eigenvalue weighted by atomic mass is 9.96. The number of carbonyl (C=O) groups is 1. The van der Waals surface area contributed by atoms with Gasteiger partial charge < -0.3 is 15.5 Å². The van der Waals surface area contributed by atoms with Gasteiger partial charge in [-0.3, -0.25) is 4.79 Å². The fraction of sp³-hybridized carbons (Fsp3) is 0.562. The van der Waals surface area contributed by atoms with E-state index in [-0.39, 0.29) is 5.91 Å². The third kappa shape index (κ3) is 4.53. The summed E-state index contributed by atoms with van der Waals surface area (Å²) in [6.07, 6.45) is 1.63. The van der Waals surface area contributed by atoms with E-state index < -0.39 is 5.54 Å². The molecule has 20 heavy (non-hydrogen) atoms. The Bertz CT molecular complexity index is 417. The number of nitrogens with two attached hydrogens (primary N) is 1. The fourth-order valence-electron chi connectivity index (χ4n) is 2.28. The monoisotopic (exact) mass is 277 g/mol. The first-order valence-electron chi connectivity index (χ1n) is 7.19. The van der Waals surface area contributed by atoms with E-state index in [0.717, 1.165) is 18.7 Å². The van der Waals surface area contributed by atoms with Crippen LogP contribution in [0.2, 0.25) is 0 Å². The standard InChI is InChI=1S/C16H27N3O/c1-5-11-16(2,17)15(20)19(4)13-12-18(3)14-9-7-6-8-10-14/h6-10H,5,11-13,17H2,1-4H3. The smallest absolute Gasteiger partial charge is 0.242 e. The Hall–Kier alpha value is -1.55. The van der Waals surface area contributed by atoms with Gasteiger partial charge in [-0.2, -0.15) is 0 Å². The predicted molar refractivity (Wildman–Crippen MR) is 84.8 cm³/mol. The Kier molecular flexibility index (Phi) is 6.02. The van der Waals surface area contributed by atoms with Crippen molar-refractivity contribution in [1.82, 2.24) is 4.90 Å². The number of likely N-dealkylation sites (N-methyl/N-ethyl adjacent to an activating group) is 2. The molecule has 0 aliphatic heterocycles. The summed E-state index contributed by atoms with van der Waals surface area (Å²) in [5.74, 6) is 0.0146. The maximum Gasteiger partial charge on any atom is 0.242 e. The average Bonchev–Trinajstić information content (AvgIpc) is 2.44. The van der Waals surface area contributed by atoms with E-state index >= 15 is 0 Å². The summed E-state index contributed by atoms with van der Waals surface area (Å²) in [6.45, 7) is 5.31. The van der Waals surface area contributed by atoms with E-state index in [1.807, 2.05) is 46.1 Å². The van der Waals surface area contributed by atoms with E-state index in [0.29, 0.717) is 13.0 Å². The first kappa shape index (κ1) is 16.5. The molecule has 1 rings (SSSR count). The molecule has 1 aromatic rings. The number of hydrogen-bond acceptors (Lipinski definition) is 3. The van der Waals surface area contributed by atoms with Crippen LogP contribution in [0.5, 0.6) is 0 Å². The van der Waals surface area contributed by atoms with Crippen molar-refractivity contribution in [3.05, 3.63) is 30.3 Å². The molecule has 2 N–H and O–H groups in total. The molecule has 1 unspecified atom stereocenters. The third-order valence-corrected chi connectivity index (χ3v) is 3.57. The lowest BCUT2D eigenvalue weighted by molar-refractivity contribution is -0.135. The highest BCUT2D eigenvalue weighted by molar-refractivity contribution is 5.85. The van der Waals surface area contributed by atoms with Gasteiger partial charge in [0.15, 0.2) is 0 Å². The van der Waals surface area contributed by atoms with E-state index in [1.165, 1.54) is 0 Å². The summed E-state index contributed by atoms with van der Waals surface area (Å²) >= 11 is 0. The van der Waals surface area contributed by atoms with Crippen LogP contribution in [0.25, 0.3) is 0 Å². The van der Waals surface area contributed by atoms with Gasteiger partial charge in [0.25, 0.3) is 0 Å². The third-order valence-electron chi connectivity index (χ3n) is 3.57. The maximum atomic E-state index is 12.3. The summed E-state index contributed by atoms with van der Waals surface area (Å²) in [5, 5.41) is 0. The van der Waals surface area contributed by atoms with Crippen LogP contribution in [0.15, 0.2) is 30.3 Å². The molecule has 0 aromatic heterocycles. The SMILES string of the molecule is CCCC(C)(N)C(=O)N(C)CCN(C)c1ccccc1. The molecule has 1 aromatic carbocycles. The second-order valence-corrected chi connectivity index (χ2v) is 5.65. The maximum absolute atomic E-state index is 12.3. The van der Waals surface area contributed by atoms with E-state index in [4.69, 9.17) is 5.73 Å². The van der Waals surface area contributed by atoms with Gasteiger partial charge in [0, 0.05) is 32.9 Å². The zero-order valence-electron chi connectivity index (χ0n) is 13.1. The van der Waals surface area contributed by atoms with Gasteiger partial charge in [0.1, 0.15) is 0 Å². The Morgan fingerprint density at radius 1 is 1.20 bits per heavy atom. The van der Waals surface area contributed by atoms with E-state index in [1.54, 1.807) is 4.90 Å². The largest absolute Gasteiger partial charge is 0.373 e. The molecule has 0 spiro atoms. The van der Waals surface area contributed by atoms with Gasteiger partial charge in [0.2, 0.25) is 5.91 Å². The lowest BCUT2D eigenvalue weighted by Crippen LogP contribution is -2.53. The van der Waals surface area contributed by atoms with Crippen molar-refractivity contribution in [2.24, 2.45) is 5.73 Å². The number of hydrogen-bond donors (Lipinski definition) is 1. The molecule has 0 saturated carbocycles. The number of carbonyl (C=O) groups excluding carboxylic acids is 1. The Balaban J connectivity index is 2.51. The highest BCUT2D eigenvalue weighted by Gasteiger charge is 2.29. The van der Waals surface area contributed by atoms with Crippen LogP contribution < -0.4 is 10.6 Å². The Morgan fingerprint density at radius 3 is 2.35 bits per heavy atom. The molecule has 4 nitrogen and oxygen atoms in total. The molecule has 0 aliphatic rings. The van der Waals surface area contributed by atoms with E-state index in [9.17, 15) is 4.79 Å². The second kappa shape index (κ2) is 7.29. The molecular weight excluding hydrogens is 250 g/mol. The Labute approximate surface area is 122 Å². The van der Waals surface area contributed by atoms with Crippen molar-refractivity contribution < 1.29 is 4.79 Å². The summed E-state index contributed by atoms with van der Waals surface area (Å²) in [7, 11) is 3.85. The van der Waals surface area contributed by atoms with Crippen LogP contribution in [0.4, 0.5) is 5.69 Å². The molecule has 4 heteroatoms. The van der Waals surface area contributed by atoms with Crippen molar-refractivity contribution in [3.63, 3.8) is 0 Å². The number of benzene rings is 1. The van der Waals surface area contributed by atoms with Gasteiger partial charge in [-0.05, 0) is 25.5 Å².